The quantitative estimate of drug-likeness (QED) is 0.645. The van der Waals surface area contributed by atoms with Crippen LogP contribution in [0.5, 0.6) is 11.5 Å². The Morgan fingerprint density at radius 3 is 2.24 bits per heavy atom. The van der Waals surface area contributed by atoms with Crippen LogP contribution in [0.25, 0.3) is 10.8 Å². The molecule has 0 aliphatic rings. The summed E-state index contributed by atoms with van der Waals surface area (Å²) < 4.78 is 11.0. The number of aliphatic hydroxyl groups is 2. The zero-order valence-corrected chi connectivity index (χ0v) is 14.4. The summed E-state index contributed by atoms with van der Waals surface area (Å²) in [6.45, 7) is 3.91. The number of hydrogen-bond acceptors (Lipinski definition) is 5. The molecule has 136 valence electrons. The number of aliphatic hydroxyl groups excluding tert-OH is 2. The van der Waals surface area contributed by atoms with Crippen LogP contribution in [0.2, 0.25) is 0 Å². The van der Waals surface area contributed by atoms with Gasteiger partial charge in [-0.05, 0) is 42.5 Å². The van der Waals surface area contributed by atoms with Crippen LogP contribution in [-0.4, -0.2) is 46.7 Å². The third-order valence-electron chi connectivity index (χ3n) is 3.98. The molecule has 0 aliphatic heterocycles. The summed E-state index contributed by atoms with van der Waals surface area (Å²) in [5.41, 5.74) is 0.0564. The van der Waals surface area contributed by atoms with E-state index < -0.39 is 18.2 Å². The summed E-state index contributed by atoms with van der Waals surface area (Å²) >= 11 is 0. The number of rotatable bonds is 9. The molecule has 0 radical (unpaired) electrons. The van der Waals surface area contributed by atoms with Crippen LogP contribution in [0.15, 0.2) is 30.3 Å². The molecule has 0 heterocycles. The third-order valence-corrected chi connectivity index (χ3v) is 3.98. The van der Waals surface area contributed by atoms with Gasteiger partial charge in [-0.3, -0.25) is 0 Å². The van der Waals surface area contributed by atoms with Crippen LogP contribution in [0.1, 0.15) is 37.0 Å². The van der Waals surface area contributed by atoms with Gasteiger partial charge in [0.15, 0.2) is 0 Å². The Morgan fingerprint density at radius 1 is 1.00 bits per heavy atom. The Hall–Kier alpha value is -2.31. The van der Waals surface area contributed by atoms with Crippen molar-refractivity contribution in [2.45, 2.75) is 38.9 Å². The number of aromatic carboxylic acids is 1. The van der Waals surface area contributed by atoms with Crippen LogP contribution >= 0.6 is 0 Å². The second kappa shape index (κ2) is 8.69. The Bertz CT molecular complexity index is 727. The molecule has 6 heteroatoms. The van der Waals surface area contributed by atoms with Gasteiger partial charge in [0.25, 0.3) is 0 Å². The van der Waals surface area contributed by atoms with E-state index in [0.29, 0.717) is 29.4 Å². The molecule has 2 aromatic carbocycles. The maximum atomic E-state index is 11.7. The average Bonchev–Trinajstić information content (AvgIpc) is 2.62. The first kappa shape index (κ1) is 19.0. The van der Waals surface area contributed by atoms with Gasteiger partial charge in [-0.15, -0.1) is 0 Å². The lowest BCUT2D eigenvalue weighted by atomic mass is 10.0. The highest BCUT2D eigenvalue weighted by Crippen LogP contribution is 2.31. The molecule has 0 bridgehead atoms. The first-order chi connectivity index (χ1) is 12.0. The predicted molar refractivity (Wildman–Crippen MR) is 94.5 cm³/mol. The SMILES string of the molecule is CCC(O)COc1ccc2c(C(=O)O)c(OCC(O)CC)ccc2c1. The highest BCUT2D eigenvalue weighted by Gasteiger charge is 2.17. The minimum atomic E-state index is -1.10. The monoisotopic (exact) mass is 348 g/mol. The smallest absolute Gasteiger partial charge is 0.340 e. The van der Waals surface area contributed by atoms with Crippen LogP contribution < -0.4 is 9.47 Å². The predicted octanol–water partition coefficient (Wildman–Crippen LogP) is 2.84. The Kier molecular flexibility index (Phi) is 6.61. The fourth-order valence-electron chi connectivity index (χ4n) is 2.33. The molecule has 0 fully saturated rings. The van der Waals surface area contributed by atoms with Gasteiger partial charge in [-0.2, -0.15) is 0 Å². The van der Waals surface area contributed by atoms with Crippen LogP contribution in [0, 0.1) is 0 Å². The Morgan fingerprint density at radius 2 is 1.64 bits per heavy atom. The number of ether oxygens (including phenoxy) is 2. The van der Waals surface area contributed by atoms with E-state index in [1.54, 1.807) is 30.3 Å². The second-order valence-electron chi connectivity index (χ2n) is 5.87. The molecule has 0 aliphatic carbocycles. The standard InChI is InChI=1S/C19H24O6/c1-3-13(20)10-24-15-6-7-16-12(9-15)5-8-17(18(16)19(22)23)25-11-14(21)4-2/h5-9,13-14,20-21H,3-4,10-11H2,1-2H3,(H,22,23). The largest absolute Gasteiger partial charge is 0.491 e. The molecular weight excluding hydrogens is 324 g/mol. The summed E-state index contributed by atoms with van der Waals surface area (Å²) in [6, 6.07) is 8.39. The minimum absolute atomic E-state index is 0.0401. The number of fused-ring (bicyclic) bond motifs is 1. The number of benzene rings is 2. The number of hydrogen-bond donors (Lipinski definition) is 3. The van der Waals surface area contributed by atoms with E-state index in [1.807, 2.05) is 13.8 Å². The molecule has 0 spiro atoms. The maximum absolute atomic E-state index is 11.7. The molecule has 0 saturated carbocycles. The van der Waals surface area contributed by atoms with E-state index in [9.17, 15) is 20.1 Å². The summed E-state index contributed by atoms with van der Waals surface area (Å²) in [5, 5.41) is 30.0. The Labute approximate surface area is 146 Å². The summed E-state index contributed by atoms with van der Waals surface area (Å²) in [7, 11) is 0. The van der Waals surface area contributed by atoms with Gasteiger partial charge >= 0.3 is 5.97 Å². The van der Waals surface area contributed by atoms with E-state index in [-0.39, 0.29) is 24.5 Å². The minimum Gasteiger partial charge on any atom is -0.491 e. The zero-order valence-electron chi connectivity index (χ0n) is 14.4. The van der Waals surface area contributed by atoms with Crippen LogP contribution in [0.3, 0.4) is 0 Å². The van der Waals surface area contributed by atoms with Gasteiger partial charge in [-0.25, -0.2) is 4.79 Å². The molecule has 3 N–H and O–H groups in total. The van der Waals surface area contributed by atoms with Crippen molar-refractivity contribution in [3.63, 3.8) is 0 Å². The van der Waals surface area contributed by atoms with Gasteiger partial charge in [0.05, 0.1) is 12.2 Å². The maximum Gasteiger partial charge on any atom is 0.340 e. The molecule has 0 saturated heterocycles. The van der Waals surface area contributed by atoms with Crippen molar-refractivity contribution >= 4 is 16.7 Å². The third kappa shape index (κ3) is 4.84. The topological polar surface area (TPSA) is 96.2 Å². The van der Waals surface area contributed by atoms with Crippen molar-refractivity contribution < 1.29 is 29.6 Å². The Balaban J connectivity index is 2.31. The molecule has 2 rings (SSSR count). The molecule has 25 heavy (non-hydrogen) atoms. The van der Waals surface area contributed by atoms with E-state index in [4.69, 9.17) is 9.47 Å². The second-order valence-corrected chi connectivity index (χ2v) is 5.87. The normalized spacial score (nSPS) is 13.4. The van der Waals surface area contributed by atoms with Crippen LogP contribution in [-0.2, 0) is 0 Å². The fraction of sp³-hybridized carbons (Fsp3) is 0.421. The van der Waals surface area contributed by atoms with E-state index in [2.05, 4.69) is 0 Å². The van der Waals surface area contributed by atoms with Gasteiger partial charge < -0.3 is 24.8 Å². The van der Waals surface area contributed by atoms with Gasteiger partial charge in [0.2, 0.25) is 0 Å². The molecule has 0 amide bonds. The first-order valence-electron chi connectivity index (χ1n) is 8.38. The van der Waals surface area contributed by atoms with E-state index >= 15 is 0 Å². The van der Waals surface area contributed by atoms with E-state index in [0.717, 1.165) is 0 Å². The highest BCUT2D eigenvalue weighted by molar-refractivity contribution is 6.06. The zero-order chi connectivity index (χ0) is 18.4. The van der Waals surface area contributed by atoms with Gasteiger partial charge in [0, 0.05) is 5.39 Å². The van der Waals surface area contributed by atoms with Crippen molar-refractivity contribution in [2.24, 2.45) is 0 Å². The summed E-state index contributed by atoms with van der Waals surface area (Å²) in [4.78, 5) is 11.7. The molecule has 0 aromatic heterocycles. The number of carbonyl (C=O) groups is 1. The van der Waals surface area contributed by atoms with Crippen molar-refractivity contribution in [1.82, 2.24) is 0 Å². The first-order valence-corrected chi connectivity index (χ1v) is 8.38. The highest BCUT2D eigenvalue weighted by atomic mass is 16.5. The molecule has 6 nitrogen and oxygen atoms in total. The molecule has 2 aromatic rings. The fourth-order valence-corrected chi connectivity index (χ4v) is 2.33. The van der Waals surface area contributed by atoms with Crippen molar-refractivity contribution in [3.05, 3.63) is 35.9 Å². The lowest BCUT2D eigenvalue weighted by Crippen LogP contribution is -2.17. The molecule has 2 atom stereocenters. The molecule has 2 unspecified atom stereocenters. The average molecular weight is 348 g/mol. The van der Waals surface area contributed by atoms with Gasteiger partial charge in [-0.1, -0.05) is 19.9 Å². The summed E-state index contributed by atoms with van der Waals surface area (Å²) in [5.74, 6) is -0.310. The van der Waals surface area contributed by atoms with Crippen molar-refractivity contribution in [2.75, 3.05) is 13.2 Å². The van der Waals surface area contributed by atoms with Crippen molar-refractivity contribution in [1.29, 1.82) is 0 Å². The van der Waals surface area contributed by atoms with Crippen molar-refractivity contribution in [3.8, 4) is 11.5 Å². The lowest BCUT2D eigenvalue weighted by molar-refractivity contribution is 0.0684. The molecular formula is C19H24O6. The van der Waals surface area contributed by atoms with Crippen LogP contribution in [0.4, 0.5) is 0 Å². The summed E-state index contributed by atoms with van der Waals surface area (Å²) in [6.07, 6.45) is -0.0504. The lowest BCUT2D eigenvalue weighted by Gasteiger charge is -2.15. The van der Waals surface area contributed by atoms with E-state index in [1.165, 1.54) is 0 Å². The number of carboxylic acids is 1. The van der Waals surface area contributed by atoms with Gasteiger partial charge in [0.1, 0.15) is 30.3 Å². The number of carboxylic acid groups (broad SMARTS) is 1.